The summed E-state index contributed by atoms with van der Waals surface area (Å²) >= 11 is 12.5. The predicted molar refractivity (Wildman–Crippen MR) is 128 cm³/mol. The summed E-state index contributed by atoms with van der Waals surface area (Å²) in [4.78, 5) is 48.5. The van der Waals surface area contributed by atoms with Crippen LogP contribution in [0.3, 0.4) is 0 Å². The second-order valence-corrected chi connectivity index (χ2v) is 8.68. The molecule has 3 rings (SSSR count). The standard InChI is InChI=1S/C24H24Cl2N2O7/c25-17-11-14(5-6-15(29)7-8-16-3-1-9-34-16)12-18(26)21(17)23(31)28-19(24(32)33)13-27-22(30)20-4-2-10-35-20/h1,3,7-9,11-12,19-20H,2,4-6,10,13H2,(H,27,30)(H,28,31)(H,32,33)/b8-7+/t19-,20?/m0/s1. The van der Waals surface area contributed by atoms with Gasteiger partial charge in [0.25, 0.3) is 5.91 Å². The number of benzene rings is 1. The third kappa shape index (κ3) is 7.68. The van der Waals surface area contributed by atoms with E-state index < -0.39 is 29.9 Å². The van der Waals surface area contributed by atoms with Gasteiger partial charge in [0, 0.05) is 19.6 Å². The maximum Gasteiger partial charge on any atom is 0.328 e. The first-order valence-electron chi connectivity index (χ1n) is 10.9. The van der Waals surface area contributed by atoms with Crippen molar-refractivity contribution < 1.29 is 33.4 Å². The fourth-order valence-electron chi connectivity index (χ4n) is 3.43. The van der Waals surface area contributed by atoms with Crippen LogP contribution in [0.1, 0.15) is 40.9 Å². The lowest BCUT2D eigenvalue weighted by atomic mass is 10.0. The van der Waals surface area contributed by atoms with Gasteiger partial charge >= 0.3 is 5.97 Å². The number of furan rings is 1. The number of ketones is 1. The van der Waals surface area contributed by atoms with Crippen LogP contribution in [0.4, 0.5) is 0 Å². The molecule has 186 valence electrons. The van der Waals surface area contributed by atoms with E-state index in [1.54, 1.807) is 18.2 Å². The number of hydrogen-bond donors (Lipinski definition) is 3. The number of carboxylic acids is 1. The highest BCUT2D eigenvalue weighted by molar-refractivity contribution is 6.39. The Balaban J connectivity index is 1.58. The van der Waals surface area contributed by atoms with Crippen molar-refractivity contribution >= 4 is 52.8 Å². The van der Waals surface area contributed by atoms with E-state index in [2.05, 4.69) is 10.6 Å². The lowest BCUT2D eigenvalue weighted by Crippen LogP contribution is -2.50. The van der Waals surface area contributed by atoms with Crippen LogP contribution in [0.15, 0.2) is 41.0 Å². The van der Waals surface area contributed by atoms with Crippen molar-refractivity contribution in [1.29, 1.82) is 0 Å². The number of nitrogens with one attached hydrogen (secondary N) is 2. The summed E-state index contributed by atoms with van der Waals surface area (Å²) in [6, 6.07) is 5.03. The summed E-state index contributed by atoms with van der Waals surface area (Å²) in [5, 5.41) is 14.3. The van der Waals surface area contributed by atoms with Crippen LogP contribution >= 0.6 is 23.2 Å². The molecule has 3 N–H and O–H groups in total. The number of carboxylic acid groups (broad SMARTS) is 1. The molecular weight excluding hydrogens is 499 g/mol. The largest absolute Gasteiger partial charge is 0.480 e. The van der Waals surface area contributed by atoms with Crippen LogP contribution in [0.25, 0.3) is 6.08 Å². The van der Waals surface area contributed by atoms with Crippen molar-refractivity contribution in [2.24, 2.45) is 0 Å². The minimum absolute atomic E-state index is 0.0103. The summed E-state index contributed by atoms with van der Waals surface area (Å²) in [7, 11) is 0. The fraction of sp³-hybridized carbons (Fsp3) is 0.333. The van der Waals surface area contributed by atoms with Gasteiger partial charge in [-0.15, -0.1) is 0 Å². The molecule has 1 saturated heterocycles. The number of allylic oxidation sites excluding steroid dienone is 1. The molecule has 0 saturated carbocycles. The number of carbonyl (C=O) groups is 4. The van der Waals surface area contributed by atoms with Crippen LogP contribution in [-0.4, -0.2) is 54.0 Å². The molecule has 1 aliphatic heterocycles. The van der Waals surface area contributed by atoms with Crippen molar-refractivity contribution in [1.82, 2.24) is 10.6 Å². The van der Waals surface area contributed by atoms with Crippen LogP contribution in [-0.2, 0) is 25.5 Å². The number of ether oxygens (including phenoxy) is 1. The van der Waals surface area contributed by atoms with E-state index >= 15 is 0 Å². The fourth-order valence-corrected chi connectivity index (χ4v) is 4.13. The highest BCUT2D eigenvalue weighted by Crippen LogP contribution is 2.27. The zero-order valence-corrected chi connectivity index (χ0v) is 20.1. The summed E-state index contributed by atoms with van der Waals surface area (Å²) in [6.07, 6.45) is 5.68. The summed E-state index contributed by atoms with van der Waals surface area (Å²) in [5.41, 5.74) is 0.535. The lowest BCUT2D eigenvalue weighted by Gasteiger charge is -2.18. The molecule has 1 aliphatic rings. The van der Waals surface area contributed by atoms with Gasteiger partial charge in [-0.05, 0) is 61.2 Å². The monoisotopic (exact) mass is 522 g/mol. The molecule has 0 aliphatic carbocycles. The predicted octanol–water partition coefficient (Wildman–Crippen LogP) is 3.28. The molecule has 1 aromatic carbocycles. The lowest BCUT2D eigenvalue weighted by molar-refractivity contribution is -0.139. The Bertz CT molecular complexity index is 1090. The topological polar surface area (TPSA) is 135 Å². The number of carbonyl (C=O) groups excluding carboxylic acids is 3. The smallest absolute Gasteiger partial charge is 0.328 e. The minimum atomic E-state index is -1.40. The summed E-state index contributed by atoms with van der Waals surface area (Å²) in [5.74, 6) is -2.15. The van der Waals surface area contributed by atoms with Crippen molar-refractivity contribution in [3.8, 4) is 0 Å². The minimum Gasteiger partial charge on any atom is -0.480 e. The Morgan fingerprint density at radius 3 is 2.54 bits per heavy atom. The number of halogens is 2. The van der Waals surface area contributed by atoms with E-state index in [4.69, 9.17) is 32.4 Å². The molecule has 0 radical (unpaired) electrons. The number of amides is 2. The number of hydrogen-bond acceptors (Lipinski definition) is 6. The first-order valence-corrected chi connectivity index (χ1v) is 11.7. The highest BCUT2D eigenvalue weighted by Gasteiger charge is 2.27. The van der Waals surface area contributed by atoms with Gasteiger partial charge in [-0.25, -0.2) is 4.79 Å². The van der Waals surface area contributed by atoms with Crippen molar-refractivity contribution in [2.75, 3.05) is 13.2 Å². The molecule has 2 atom stereocenters. The van der Waals surface area contributed by atoms with Gasteiger partial charge in [0.1, 0.15) is 17.9 Å². The van der Waals surface area contributed by atoms with Gasteiger partial charge in [-0.3, -0.25) is 14.4 Å². The number of aliphatic carboxylic acids is 1. The Kier molecular flexibility index (Phi) is 9.47. The molecule has 35 heavy (non-hydrogen) atoms. The third-order valence-corrected chi connectivity index (χ3v) is 5.87. The van der Waals surface area contributed by atoms with Gasteiger partial charge in [-0.1, -0.05) is 23.2 Å². The first-order chi connectivity index (χ1) is 16.7. The Labute approximate surface area is 211 Å². The van der Waals surface area contributed by atoms with E-state index in [-0.39, 0.29) is 34.4 Å². The van der Waals surface area contributed by atoms with E-state index in [1.807, 2.05) is 0 Å². The third-order valence-electron chi connectivity index (χ3n) is 5.27. The second-order valence-electron chi connectivity index (χ2n) is 7.86. The van der Waals surface area contributed by atoms with Crippen LogP contribution in [0.2, 0.25) is 10.0 Å². The van der Waals surface area contributed by atoms with Gasteiger partial charge < -0.3 is 24.9 Å². The second kappa shape index (κ2) is 12.5. The van der Waals surface area contributed by atoms with Gasteiger partial charge in [0.05, 0.1) is 21.9 Å². The van der Waals surface area contributed by atoms with E-state index in [0.717, 1.165) is 6.42 Å². The average molecular weight is 523 g/mol. The zero-order valence-electron chi connectivity index (χ0n) is 18.6. The van der Waals surface area contributed by atoms with Crippen molar-refractivity contribution in [3.63, 3.8) is 0 Å². The van der Waals surface area contributed by atoms with Crippen molar-refractivity contribution in [3.05, 3.63) is 63.5 Å². The number of aryl methyl sites for hydroxylation is 1. The Morgan fingerprint density at radius 1 is 1.20 bits per heavy atom. The highest BCUT2D eigenvalue weighted by atomic mass is 35.5. The Morgan fingerprint density at radius 2 is 1.94 bits per heavy atom. The van der Waals surface area contributed by atoms with E-state index in [0.29, 0.717) is 30.8 Å². The molecule has 1 unspecified atom stereocenters. The molecule has 0 spiro atoms. The number of rotatable bonds is 11. The molecule has 11 heteroatoms. The summed E-state index contributed by atoms with van der Waals surface area (Å²) < 4.78 is 10.4. The van der Waals surface area contributed by atoms with Crippen molar-refractivity contribution in [2.45, 2.75) is 37.8 Å². The van der Waals surface area contributed by atoms with Gasteiger partial charge in [-0.2, -0.15) is 0 Å². The van der Waals surface area contributed by atoms with Gasteiger partial charge in [0.2, 0.25) is 5.91 Å². The van der Waals surface area contributed by atoms with E-state index in [1.165, 1.54) is 24.5 Å². The normalized spacial score (nSPS) is 16.2. The van der Waals surface area contributed by atoms with E-state index in [9.17, 15) is 24.3 Å². The molecule has 0 bridgehead atoms. The molecular formula is C24H24Cl2N2O7. The maximum absolute atomic E-state index is 12.7. The van der Waals surface area contributed by atoms with Crippen LogP contribution in [0, 0.1) is 0 Å². The Hall–Kier alpha value is -3.14. The molecule has 2 aromatic rings. The molecule has 1 aromatic heterocycles. The average Bonchev–Trinajstić information content (AvgIpc) is 3.52. The maximum atomic E-state index is 12.7. The van der Waals surface area contributed by atoms with Gasteiger partial charge in [0.15, 0.2) is 5.78 Å². The van der Waals surface area contributed by atoms with Crippen LogP contribution < -0.4 is 10.6 Å². The van der Waals surface area contributed by atoms with Crippen LogP contribution in [0.5, 0.6) is 0 Å². The zero-order chi connectivity index (χ0) is 25.4. The summed E-state index contributed by atoms with van der Waals surface area (Å²) in [6.45, 7) is 0.140. The molecule has 2 heterocycles. The molecule has 9 nitrogen and oxygen atoms in total. The quantitative estimate of drug-likeness (QED) is 0.385. The molecule has 2 amide bonds. The molecule has 1 fully saturated rings. The SMILES string of the molecule is O=C(/C=C/c1ccco1)CCc1cc(Cl)c(C(=O)N[C@@H](CNC(=O)C2CCCO2)C(=O)O)c(Cl)c1. The first kappa shape index (κ1) is 26.5.